The standard InChI is InChI=1S/C14H22O2/c1-6-14(15,10(2)3)12-9-11(4)7-8-13(12)16-5/h7-10,15H,6H2,1-5H3. The zero-order valence-corrected chi connectivity index (χ0v) is 10.9. The van der Waals surface area contributed by atoms with Crippen LogP contribution in [-0.4, -0.2) is 12.2 Å². The summed E-state index contributed by atoms with van der Waals surface area (Å²) in [6.07, 6.45) is 0.685. The van der Waals surface area contributed by atoms with Gasteiger partial charge in [0.2, 0.25) is 0 Å². The number of rotatable bonds is 4. The summed E-state index contributed by atoms with van der Waals surface area (Å²) in [5.41, 5.74) is 1.23. The van der Waals surface area contributed by atoms with Gasteiger partial charge in [-0.1, -0.05) is 32.4 Å². The van der Waals surface area contributed by atoms with Gasteiger partial charge in [-0.05, 0) is 31.4 Å². The quantitative estimate of drug-likeness (QED) is 0.847. The van der Waals surface area contributed by atoms with E-state index in [0.717, 1.165) is 16.9 Å². The number of aryl methyl sites for hydroxylation is 1. The molecule has 0 aliphatic rings. The van der Waals surface area contributed by atoms with Crippen LogP contribution in [0.1, 0.15) is 38.3 Å². The van der Waals surface area contributed by atoms with Gasteiger partial charge in [-0.15, -0.1) is 0 Å². The fourth-order valence-corrected chi connectivity index (χ4v) is 2.07. The van der Waals surface area contributed by atoms with E-state index >= 15 is 0 Å². The summed E-state index contributed by atoms with van der Waals surface area (Å²) in [6, 6.07) is 5.94. The molecule has 1 N–H and O–H groups in total. The largest absolute Gasteiger partial charge is 0.496 e. The molecule has 16 heavy (non-hydrogen) atoms. The number of hydrogen-bond acceptors (Lipinski definition) is 2. The van der Waals surface area contributed by atoms with Gasteiger partial charge in [0.15, 0.2) is 0 Å². The minimum absolute atomic E-state index is 0.160. The fourth-order valence-electron chi connectivity index (χ4n) is 2.07. The van der Waals surface area contributed by atoms with Crippen LogP contribution in [0.3, 0.4) is 0 Å². The van der Waals surface area contributed by atoms with Crippen LogP contribution in [0.2, 0.25) is 0 Å². The Morgan fingerprint density at radius 2 is 2.00 bits per heavy atom. The summed E-state index contributed by atoms with van der Waals surface area (Å²) in [4.78, 5) is 0. The van der Waals surface area contributed by atoms with Crippen molar-refractivity contribution in [1.29, 1.82) is 0 Å². The number of ether oxygens (including phenoxy) is 1. The van der Waals surface area contributed by atoms with E-state index in [4.69, 9.17) is 4.74 Å². The Balaban J connectivity index is 3.33. The molecule has 0 aliphatic heterocycles. The van der Waals surface area contributed by atoms with Gasteiger partial charge in [0, 0.05) is 5.56 Å². The zero-order chi connectivity index (χ0) is 12.3. The minimum atomic E-state index is -0.808. The highest BCUT2D eigenvalue weighted by atomic mass is 16.5. The molecule has 2 nitrogen and oxygen atoms in total. The minimum Gasteiger partial charge on any atom is -0.496 e. The topological polar surface area (TPSA) is 29.5 Å². The van der Waals surface area contributed by atoms with Crippen molar-refractivity contribution in [3.63, 3.8) is 0 Å². The molecule has 0 saturated heterocycles. The van der Waals surface area contributed by atoms with Gasteiger partial charge in [0.05, 0.1) is 12.7 Å². The molecule has 1 rings (SSSR count). The summed E-state index contributed by atoms with van der Waals surface area (Å²) in [7, 11) is 1.64. The van der Waals surface area contributed by atoms with Gasteiger partial charge in [-0.25, -0.2) is 0 Å². The smallest absolute Gasteiger partial charge is 0.124 e. The molecular formula is C14H22O2. The van der Waals surface area contributed by atoms with Crippen LogP contribution in [0.15, 0.2) is 18.2 Å². The van der Waals surface area contributed by atoms with Crippen LogP contribution >= 0.6 is 0 Å². The summed E-state index contributed by atoms with van der Waals surface area (Å²) in [5.74, 6) is 0.928. The van der Waals surface area contributed by atoms with E-state index in [1.165, 1.54) is 0 Å². The van der Waals surface area contributed by atoms with E-state index in [9.17, 15) is 5.11 Å². The summed E-state index contributed by atoms with van der Waals surface area (Å²) >= 11 is 0. The van der Waals surface area contributed by atoms with Gasteiger partial charge in [-0.2, -0.15) is 0 Å². The second kappa shape index (κ2) is 4.88. The van der Waals surface area contributed by atoms with Gasteiger partial charge >= 0.3 is 0 Å². The summed E-state index contributed by atoms with van der Waals surface area (Å²) in [5, 5.41) is 10.7. The Hall–Kier alpha value is -1.02. The normalized spacial score (nSPS) is 14.9. The highest BCUT2D eigenvalue weighted by molar-refractivity contribution is 5.41. The van der Waals surface area contributed by atoms with E-state index in [1.807, 2.05) is 45.9 Å². The summed E-state index contributed by atoms with van der Waals surface area (Å²) < 4.78 is 5.34. The van der Waals surface area contributed by atoms with Gasteiger partial charge in [0.25, 0.3) is 0 Å². The second-order valence-corrected chi connectivity index (χ2v) is 4.64. The molecule has 0 spiro atoms. The Morgan fingerprint density at radius 3 is 2.44 bits per heavy atom. The molecule has 0 aliphatic carbocycles. The van der Waals surface area contributed by atoms with E-state index in [2.05, 4.69) is 0 Å². The second-order valence-electron chi connectivity index (χ2n) is 4.64. The molecule has 2 heteroatoms. The first-order valence-electron chi connectivity index (χ1n) is 5.83. The van der Waals surface area contributed by atoms with Crippen LogP contribution in [0.25, 0.3) is 0 Å². The van der Waals surface area contributed by atoms with Crippen molar-refractivity contribution in [1.82, 2.24) is 0 Å². The van der Waals surface area contributed by atoms with Crippen LogP contribution in [0, 0.1) is 12.8 Å². The number of aliphatic hydroxyl groups is 1. The van der Waals surface area contributed by atoms with Crippen molar-refractivity contribution < 1.29 is 9.84 Å². The molecule has 1 unspecified atom stereocenters. The maximum atomic E-state index is 10.7. The summed E-state index contributed by atoms with van der Waals surface area (Å²) in [6.45, 7) is 8.09. The SMILES string of the molecule is CCC(O)(c1cc(C)ccc1OC)C(C)C. The Kier molecular flexibility index (Phi) is 3.98. The number of benzene rings is 1. The Morgan fingerprint density at radius 1 is 1.38 bits per heavy atom. The highest BCUT2D eigenvalue weighted by Gasteiger charge is 2.33. The van der Waals surface area contributed by atoms with Gasteiger partial charge < -0.3 is 9.84 Å². The number of methoxy groups -OCH3 is 1. The predicted molar refractivity (Wildman–Crippen MR) is 66.8 cm³/mol. The Labute approximate surface area is 98.3 Å². The first-order chi connectivity index (χ1) is 7.45. The van der Waals surface area contributed by atoms with E-state index in [1.54, 1.807) is 7.11 Å². The van der Waals surface area contributed by atoms with Crippen LogP contribution in [-0.2, 0) is 5.60 Å². The van der Waals surface area contributed by atoms with Crippen molar-refractivity contribution >= 4 is 0 Å². The third-order valence-electron chi connectivity index (χ3n) is 3.32. The molecule has 1 aromatic carbocycles. The maximum Gasteiger partial charge on any atom is 0.124 e. The third kappa shape index (κ3) is 2.22. The monoisotopic (exact) mass is 222 g/mol. The first kappa shape index (κ1) is 13.0. The molecule has 1 aromatic rings. The highest BCUT2D eigenvalue weighted by Crippen LogP contribution is 2.38. The average Bonchev–Trinajstić information content (AvgIpc) is 2.27. The lowest BCUT2D eigenvalue weighted by Gasteiger charge is -2.33. The maximum absolute atomic E-state index is 10.7. The van der Waals surface area contributed by atoms with Crippen LogP contribution in [0.4, 0.5) is 0 Å². The Bertz CT molecular complexity index is 358. The predicted octanol–water partition coefficient (Wildman–Crippen LogP) is 3.26. The first-order valence-corrected chi connectivity index (χ1v) is 5.83. The molecule has 1 atom stereocenters. The van der Waals surface area contributed by atoms with Crippen molar-refractivity contribution in [3.05, 3.63) is 29.3 Å². The molecule has 0 bridgehead atoms. The average molecular weight is 222 g/mol. The lowest BCUT2D eigenvalue weighted by Crippen LogP contribution is -2.31. The van der Waals surface area contributed by atoms with Crippen molar-refractivity contribution in [2.75, 3.05) is 7.11 Å². The van der Waals surface area contributed by atoms with E-state index in [0.29, 0.717) is 6.42 Å². The zero-order valence-electron chi connectivity index (χ0n) is 10.9. The molecular weight excluding hydrogens is 200 g/mol. The van der Waals surface area contributed by atoms with Crippen LogP contribution < -0.4 is 4.74 Å². The van der Waals surface area contributed by atoms with Gasteiger partial charge in [-0.3, -0.25) is 0 Å². The molecule has 0 fully saturated rings. The van der Waals surface area contributed by atoms with Crippen molar-refractivity contribution in [2.45, 2.75) is 39.7 Å². The van der Waals surface area contributed by atoms with E-state index < -0.39 is 5.60 Å². The molecule has 90 valence electrons. The lowest BCUT2D eigenvalue weighted by atomic mass is 9.80. The van der Waals surface area contributed by atoms with Crippen LogP contribution in [0.5, 0.6) is 5.75 Å². The third-order valence-corrected chi connectivity index (χ3v) is 3.32. The van der Waals surface area contributed by atoms with Gasteiger partial charge in [0.1, 0.15) is 5.75 Å². The van der Waals surface area contributed by atoms with E-state index in [-0.39, 0.29) is 5.92 Å². The molecule has 0 saturated carbocycles. The number of hydrogen-bond donors (Lipinski definition) is 1. The fraction of sp³-hybridized carbons (Fsp3) is 0.571. The molecule has 0 amide bonds. The lowest BCUT2D eigenvalue weighted by molar-refractivity contribution is -0.0159. The van der Waals surface area contributed by atoms with Crippen molar-refractivity contribution in [2.24, 2.45) is 5.92 Å². The molecule has 0 radical (unpaired) electrons. The molecule has 0 heterocycles. The van der Waals surface area contributed by atoms with Crippen molar-refractivity contribution in [3.8, 4) is 5.75 Å². The molecule has 0 aromatic heterocycles.